The first-order chi connectivity index (χ1) is 18.1. The van der Waals surface area contributed by atoms with Crippen molar-refractivity contribution in [1.29, 1.82) is 0 Å². The minimum atomic E-state index is -0.700. The van der Waals surface area contributed by atoms with Crippen molar-refractivity contribution in [2.75, 3.05) is 13.1 Å². The Morgan fingerprint density at radius 1 is 1.11 bits per heavy atom. The molecule has 0 unspecified atom stereocenters. The van der Waals surface area contributed by atoms with Crippen LogP contribution in [-0.4, -0.2) is 55.8 Å². The number of rotatable bonds is 6. The predicted molar refractivity (Wildman–Crippen MR) is 138 cm³/mol. The average Bonchev–Trinajstić information content (AvgIpc) is 3.59. The number of hydrogen-bond acceptors (Lipinski definition) is 4. The minimum absolute atomic E-state index is 0.0203. The maximum atomic E-state index is 13.5. The van der Waals surface area contributed by atoms with Crippen LogP contribution in [0.4, 0.5) is 8.78 Å². The molecule has 1 aromatic carbocycles. The number of benzene rings is 1. The molecule has 1 saturated carbocycles. The Balaban J connectivity index is 1.15. The third kappa shape index (κ3) is 5.49. The summed E-state index contributed by atoms with van der Waals surface area (Å²) in [6, 6.07) is 6.59. The molecule has 38 heavy (non-hydrogen) atoms. The molecule has 2 aromatic heterocycles. The summed E-state index contributed by atoms with van der Waals surface area (Å²) in [5, 5.41) is 14.3. The molecule has 2 aliphatic rings. The third-order valence-corrected chi connectivity index (χ3v) is 7.85. The lowest BCUT2D eigenvalue weighted by molar-refractivity contribution is 0.0740. The van der Waals surface area contributed by atoms with Gasteiger partial charge in [0, 0.05) is 37.8 Å². The van der Waals surface area contributed by atoms with E-state index in [1.54, 1.807) is 4.68 Å². The lowest BCUT2D eigenvalue weighted by Crippen LogP contribution is -2.42. The monoisotopic (exact) mass is 524 g/mol. The molecule has 2 amide bonds. The molecule has 1 spiro atoms. The smallest absolute Gasteiger partial charge is 0.272 e. The molecule has 5 rings (SSSR count). The van der Waals surface area contributed by atoms with E-state index in [4.69, 9.17) is 0 Å². The summed E-state index contributed by atoms with van der Waals surface area (Å²) in [6.07, 6.45) is 5.33. The molecule has 0 radical (unpaired) electrons. The lowest BCUT2D eigenvalue weighted by atomic mass is 9.72. The highest BCUT2D eigenvalue weighted by atomic mass is 19.1. The van der Waals surface area contributed by atoms with Crippen LogP contribution in [0.5, 0.6) is 0 Å². The number of amides is 2. The van der Waals surface area contributed by atoms with Crippen molar-refractivity contribution in [3.63, 3.8) is 0 Å². The van der Waals surface area contributed by atoms with Crippen LogP contribution < -0.4 is 5.32 Å². The largest absolute Gasteiger partial charge is 0.348 e. The first kappa shape index (κ1) is 26.1. The number of H-pyrrole nitrogens is 1. The first-order valence-corrected chi connectivity index (χ1v) is 13.3. The molecule has 1 aliphatic carbocycles. The second-order valence-electron chi connectivity index (χ2n) is 11.3. The van der Waals surface area contributed by atoms with Gasteiger partial charge in [0.2, 0.25) is 0 Å². The van der Waals surface area contributed by atoms with E-state index in [0.717, 1.165) is 63.4 Å². The van der Waals surface area contributed by atoms with E-state index in [0.29, 0.717) is 17.3 Å². The third-order valence-electron chi connectivity index (χ3n) is 7.85. The molecular weight excluding hydrogens is 490 g/mol. The lowest BCUT2D eigenvalue weighted by Gasteiger charge is -2.37. The van der Waals surface area contributed by atoms with Crippen molar-refractivity contribution in [2.45, 2.75) is 58.4 Å². The van der Waals surface area contributed by atoms with Crippen molar-refractivity contribution in [3.8, 4) is 11.3 Å². The Morgan fingerprint density at radius 3 is 2.50 bits per heavy atom. The number of aromatic nitrogens is 4. The number of halogens is 2. The highest BCUT2D eigenvalue weighted by molar-refractivity contribution is 5.94. The van der Waals surface area contributed by atoms with E-state index in [1.165, 1.54) is 18.2 Å². The number of aromatic amines is 1. The predicted octanol–water partition coefficient (Wildman–Crippen LogP) is 4.49. The van der Waals surface area contributed by atoms with Crippen LogP contribution in [0.2, 0.25) is 0 Å². The van der Waals surface area contributed by atoms with Gasteiger partial charge in [0.25, 0.3) is 11.8 Å². The van der Waals surface area contributed by atoms with Gasteiger partial charge in [-0.05, 0) is 74.1 Å². The number of nitrogens with zero attached hydrogens (tertiary/aromatic N) is 4. The molecule has 3 heterocycles. The van der Waals surface area contributed by atoms with Crippen LogP contribution in [0.3, 0.4) is 0 Å². The molecule has 8 nitrogen and oxygen atoms in total. The molecule has 0 atom stereocenters. The van der Waals surface area contributed by atoms with Crippen molar-refractivity contribution < 1.29 is 18.4 Å². The van der Waals surface area contributed by atoms with Crippen LogP contribution in [0.15, 0.2) is 30.3 Å². The van der Waals surface area contributed by atoms with Gasteiger partial charge in [-0.2, -0.15) is 10.2 Å². The molecule has 10 heteroatoms. The van der Waals surface area contributed by atoms with E-state index in [9.17, 15) is 18.4 Å². The van der Waals surface area contributed by atoms with Gasteiger partial charge >= 0.3 is 0 Å². The minimum Gasteiger partial charge on any atom is -0.348 e. The maximum Gasteiger partial charge on any atom is 0.272 e. The van der Waals surface area contributed by atoms with Gasteiger partial charge in [0.05, 0.1) is 11.4 Å². The zero-order valence-corrected chi connectivity index (χ0v) is 22.1. The van der Waals surface area contributed by atoms with Crippen molar-refractivity contribution >= 4 is 11.8 Å². The number of carbonyl (C=O) groups is 2. The van der Waals surface area contributed by atoms with Crippen LogP contribution in [0.1, 0.15) is 72.6 Å². The Kier molecular flexibility index (Phi) is 7.07. The fourth-order valence-electron chi connectivity index (χ4n) is 5.85. The maximum absolute atomic E-state index is 13.5. The summed E-state index contributed by atoms with van der Waals surface area (Å²) in [5.41, 5.74) is 2.48. The van der Waals surface area contributed by atoms with Crippen molar-refractivity contribution in [2.24, 2.45) is 18.4 Å². The van der Waals surface area contributed by atoms with E-state index in [-0.39, 0.29) is 34.5 Å². The highest BCUT2D eigenvalue weighted by Gasteiger charge is 2.43. The van der Waals surface area contributed by atoms with Gasteiger partial charge in [-0.25, -0.2) is 8.78 Å². The Bertz CT molecular complexity index is 1320. The van der Waals surface area contributed by atoms with Crippen LogP contribution in [0.25, 0.3) is 11.3 Å². The molecule has 2 fully saturated rings. The topological polar surface area (TPSA) is 95.9 Å². The summed E-state index contributed by atoms with van der Waals surface area (Å²) in [6.45, 7) is 5.74. The molecule has 1 saturated heterocycles. The fourth-order valence-corrected chi connectivity index (χ4v) is 5.85. The highest BCUT2D eigenvalue weighted by Crippen LogP contribution is 2.44. The Morgan fingerprint density at radius 2 is 1.82 bits per heavy atom. The number of carbonyl (C=O) groups excluding carboxylic acids is 2. The molecule has 202 valence electrons. The summed E-state index contributed by atoms with van der Waals surface area (Å²) in [4.78, 5) is 28.0. The first-order valence-electron chi connectivity index (χ1n) is 13.3. The van der Waals surface area contributed by atoms with Crippen molar-refractivity contribution in [3.05, 3.63) is 59.0 Å². The van der Waals surface area contributed by atoms with Gasteiger partial charge in [-0.15, -0.1) is 0 Å². The van der Waals surface area contributed by atoms with Crippen LogP contribution in [0, 0.1) is 23.0 Å². The van der Waals surface area contributed by atoms with E-state index >= 15 is 0 Å². The summed E-state index contributed by atoms with van der Waals surface area (Å²) < 4.78 is 28.8. The molecule has 3 aromatic rings. The zero-order chi connectivity index (χ0) is 27.0. The molecule has 0 bridgehead atoms. The molecular formula is C28H34F2N6O2. The van der Waals surface area contributed by atoms with Gasteiger partial charge in [-0.3, -0.25) is 19.4 Å². The Hall–Kier alpha value is -3.56. The SMILES string of the molecule is CC(C)Cc1cc(C(=O)N2CCC3(CCC(NC(=O)c4cc(-c5cc(F)cc(F)c5)n[nH]4)CC3)C2)n(C)n1. The second-order valence-corrected chi connectivity index (χ2v) is 11.3. The molecule has 1 aliphatic heterocycles. The van der Waals surface area contributed by atoms with Gasteiger partial charge < -0.3 is 10.2 Å². The summed E-state index contributed by atoms with van der Waals surface area (Å²) in [5.74, 6) is -1.18. The quantitative estimate of drug-likeness (QED) is 0.497. The van der Waals surface area contributed by atoms with Crippen LogP contribution >= 0.6 is 0 Å². The number of hydrogen-bond donors (Lipinski definition) is 2. The molecule has 2 N–H and O–H groups in total. The van der Waals surface area contributed by atoms with Gasteiger partial charge in [0.15, 0.2) is 0 Å². The fraction of sp³-hybridized carbons (Fsp3) is 0.500. The standard InChI is InChI=1S/C28H34F2N6O2/c1-17(2)10-22-14-25(35(3)34-22)27(38)36-9-8-28(16-36)6-4-21(5-7-28)31-26(37)24-15-23(32-33-24)18-11-19(29)13-20(30)12-18/h11-15,17,21H,4-10,16H2,1-3H3,(H,31,37)(H,32,33). The second kappa shape index (κ2) is 10.3. The average molecular weight is 525 g/mol. The normalized spacial score (nSPS) is 21.4. The zero-order valence-electron chi connectivity index (χ0n) is 22.1. The Labute approximate surface area is 220 Å². The summed E-state index contributed by atoms with van der Waals surface area (Å²) >= 11 is 0. The van der Waals surface area contributed by atoms with Crippen LogP contribution in [-0.2, 0) is 13.5 Å². The van der Waals surface area contributed by atoms with Crippen molar-refractivity contribution in [1.82, 2.24) is 30.2 Å². The van der Waals surface area contributed by atoms with Gasteiger partial charge in [0.1, 0.15) is 23.0 Å². The number of likely N-dealkylation sites (tertiary alicyclic amines) is 1. The van der Waals surface area contributed by atoms with E-state index in [2.05, 4.69) is 34.5 Å². The number of nitrogens with one attached hydrogen (secondary N) is 2. The summed E-state index contributed by atoms with van der Waals surface area (Å²) in [7, 11) is 1.83. The number of aryl methyl sites for hydroxylation is 1. The van der Waals surface area contributed by atoms with Gasteiger partial charge in [-0.1, -0.05) is 13.8 Å². The van der Waals surface area contributed by atoms with E-state index < -0.39 is 11.6 Å². The van der Waals surface area contributed by atoms with E-state index in [1.807, 2.05) is 18.0 Å².